The van der Waals surface area contributed by atoms with Crippen molar-refractivity contribution in [3.8, 4) is 5.88 Å². The van der Waals surface area contributed by atoms with Gasteiger partial charge in [-0.1, -0.05) is 6.07 Å². The molecule has 0 aliphatic carbocycles. The van der Waals surface area contributed by atoms with E-state index in [1.807, 2.05) is 0 Å². The summed E-state index contributed by atoms with van der Waals surface area (Å²) in [6.07, 6.45) is -1.59. The van der Waals surface area contributed by atoms with Gasteiger partial charge >= 0.3 is 0 Å². The number of aromatic nitrogens is 1. The average Bonchev–Trinajstić information content (AvgIpc) is 3.01. The van der Waals surface area contributed by atoms with E-state index in [9.17, 15) is 19.1 Å². The minimum atomic E-state index is -1.59. The number of fused-ring (bicyclic) bond motifs is 1. The van der Waals surface area contributed by atoms with E-state index >= 15 is 0 Å². The van der Waals surface area contributed by atoms with Gasteiger partial charge in [-0.2, -0.15) is 0 Å². The molecule has 3 rings (SSSR count). The zero-order valence-corrected chi connectivity index (χ0v) is 18.3. The maximum atomic E-state index is 14.3. The Bertz CT molecular complexity index is 1000. The van der Waals surface area contributed by atoms with Crippen LogP contribution in [-0.2, 0) is 6.54 Å². The lowest BCUT2D eigenvalue weighted by Gasteiger charge is -2.26. The highest BCUT2D eigenvalue weighted by Gasteiger charge is 2.35. The van der Waals surface area contributed by atoms with E-state index in [2.05, 4.69) is 10.3 Å². The SMILES string of the molecule is COc1cccc(C(=O)Nc2cc3c(cc2N(C)C)C(=O)N(CC(F)C(C)(C)O)C3)n1. The Balaban J connectivity index is 1.88. The summed E-state index contributed by atoms with van der Waals surface area (Å²) in [4.78, 5) is 32.8. The highest BCUT2D eigenvalue weighted by atomic mass is 19.1. The molecule has 31 heavy (non-hydrogen) atoms. The van der Waals surface area contributed by atoms with E-state index in [1.165, 1.54) is 25.9 Å². The summed E-state index contributed by atoms with van der Waals surface area (Å²) in [6.45, 7) is 2.72. The molecule has 1 aliphatic rings. The van der Waals surface area contributed by atoms with Crippen LogP contribution in [0.5, 0.6) is 5.88 Å². The van der Waals surface area contributed by atoms with Crippen molar-refractivity contribution in [1.29, 1.82) is 0 Å². The second-order valence-corrected chi connectivity index (χ2v) is 8.25. The van der Waals surface area contributed by atoms with Crippen molar-refractivity contribution in [2.45, 2.75) is 32.2 Å². The number of nitrogens with zero attached hydrogens (tertiary/aromatic N) is 3. The number of methoxy groups -OCH3 is 1. The summed E-state index contributed by atoms with van der Waals surface area (Å²) >= 11 is 0. The molecule has 8 nitrogen and oxygen atoms in total. The maximum absolute atomic E-state index is 14.3. The van der Waals surface area contributed by atoms with Crippen molar-refractivity contribution in [2.24, 2.45) is 0 Å². The van der Waals surface area contributed by atoms with Crippen LogP contribution in [0.2, 0.25) is 0 Å². The highest BCUT2D eigenvalue weighted by Crippen LogP contribution is 2.34. The largest absolute Gasteiger partial charge is 0.481 e. The second-order valence-electron chi connectivity index (χ2n) is 8.25. The number of nitrogens with one attached hydrogen (secondary N) is 1. The van der Waals surface area contributed by atoms with Crippen LogP contribution in [0.4, 0.5) is 15.8 Å². The molecule has 9 heteroatoms. The molecule has 0 fully saturated rings. The van der Waals surface area contributed by atoms with Gasteiger partial charge in [0.15, 0.2) is 0 Å². The van der Waals surface area contributed by atoms with E-state index in [0.717, 1.165) is 0 Å². The third-order valence-corrected chi connectivity index (χ3v) is 5.14. The molecular weight excluding hydrogens is 403 g/mol. The Morgan fingerprint density at radius 3 is 2.71 bits per heavy atom. The fraction of sp³-hybridized carbons (Fsp3) is 0.409. The van der Waals surface area contributed by atoms with Crippen LogP contribution in [0.3, 0.4) is 0 Å². The minimum Gasteiger partial charge on any atom is -0.481 e. The molecule has 2 aromatic rings. The van der Waals surface area contributed by atoms with Gasteiger partial charge in [-0.3, -0.25) is 9.59 Å². The van der Waals surface area contributed by atoms with Gasteiger partial charge in [0.2, 0.25) is 5.88 Å². The predicted octanol–water partition coefficient (Wildman–Crippen LogP) is 2.47. The number of hydrogen-bond donors (Lipinski definition) is 2. The van der Waals surface area contributed by atoms with Crippen molar-refractivity contribution >= 4 is 23.2 Å². The number of rotatable bonds is 7. The first-order valence-corrected chi connectivity index (χ1v) is 9.83. The molecule has 2 N–H and O–H groups in total. The first-order chi connectivity index (χ1) is 14.5. The predicted molar refractivity (Wildman–Crippen MR) is 115 cm³/mol. The van der Waals surface area contributed by atoms with Crippen molar-refractivity contribution in [1.82, 2.24) is 9.88 Å². The standard InChI is InChI=1S/C22H27FN4O4/c1-22(2,30)18(23)12-27-11-13-9-16(17(26(3)4)10-14(13)21(27)29)25-20(28)15-7-6-8-19(24-15)31-5/h6-10,18,30H,11-12H2,1-5H3,(H,25,28). The Kier molecular flexibility index (Phi) is 6.17. The Labute approximate surface area is 180 Å². The lowest BCUT2D eigenvalue weighted by Crippen LogP contribution is -2.42. The van der Waals surface area contributed by atoms with Crippen LogP contribution in [-0.4, -0.2) is 66.3 Å². The van der Waals surface area contributed by atoms with Crippen LogP contribution in [0.15, 0.2) is 30.3 Å². The maximum Gasteiger partial charge on any atom is 0.274 e. The van der Waals surface area contributed by atoms with E-state index < -0.39 is 17.7 Å². The monoisotopic (exact) mass is 430 g/mol. The number of alkyl halides is 1. The number of halogens is 1. The molecule has 1 aromatic heterocycles. The quantitative estimate of drug-likeness (QED) is 0.701. The number of pyridine rings is 1. The topological polar surface area (TPSA) is 95.0 Å². The summed E-state index contributed by atoms with van der Waals surface area (Å²) in [7, 11) is 5.06. The molecule has 1 unspecified atom stereocenters. The number of benzene rings is 1. The molecule has 0 bridgehead atoms. The van der Waals surface area contributed by atoms with E-state index in [1.54, 1.807) is 49.3 Å². The van der Waals surface area contributed by atoms with Crippen LogP contribution in [0.25, 0.3) is 0 Å². The van der Waals surface area contributed by atoms with Gasteiger partial charge in [0, 0.05) is 32.3 Å². The van der Waals surface area contributed by atoms with Crippen molar-refractivity contribution < 1.29 is 23.8 Å². The molecule has 2 amide bonds. The van der Waals surface area contributed by atoms with Gasteiger partial charge in [0.1, 0.15) is 11.9 Å². The number of aliphatic hydroxyl groups is 1. The van der Waals surface area contributed by atoms with Crippen LogP contribution in [0, 0.1) is 0 Å². The molecule has 0 saturated carbocycles. The van der Waals surface area contributed by atoms with Crippen LogP contribution in [0.1, 0.15) is 40.3 Å². The molecule has 2 heterocycles. The van der Waals surface area contributed by atoms with Gasteiger partial charge in [-0.25, -0.2) is 9.37 Å². The molecule has 1 aromatic carbocycles. The average molecular weight is 430 g/mol. The summed E-state index contributed by atoms with van der Waals surface area (Å²) in [5.41, 5.74) is 0.897. The van der Waals surface area contributed by atoms with Gasteiger partial charge in [-0.05, 0) is 37.6 Å². The third kappa shape index (κ3) is 4.77. The smallest absolute Gasteiger partial charge is 0.274 e. The lowest BCUT2D eigenvalue weighted by atomic mass is 10.0. The van der Waals surface area contributed by atoms with E-state index in [0.29, 0.717) is 28.4 Å². The van der Waals surface area contributed by atoms with E-state index in [-0.39, 0.29) is 24.7 Å². The Morgan fingerprint density at radius 1 is 1.39 bits per heavy atom. The highest BCUT2D eigenvalue weighted by molar-refractivity contribution is 6.06. The zero-order valence-electron chi connectivity index (χ0n) is 18.3. The first kappa shape index (κ1) is 22.5. The zero-order chi connectivity index (χ0) is 22.9. The number of carbonyl (C=O) groups is 2. The molecule has 0 radical (unpaired) electrons. The second kappa shape index (κ2) is 8.50. The third-order valence-electron chi connectivity index (χ3n) is 5.14. The molecule has 1 atom stereocenters. The number of ether oxygens (including phenoxy) is 1. The van der Waals surface area contributed by atoms with Crippen molar-refractivity contribution in [2.75, 3.05) is 38.0 Å². The Hall–Kier alpha value is -3.20. The number of hydrogen-bond acceptors (Lipinski definition) is 6. The molecule has 166 valence electrons. The first-order valence-electron chi connectivity index (χ1n) is 9.83. The van der Waals surface area contributed by atoms with E-state index in [4.69, 9.17) is 4.74 Å². The normalized spacial score (nSPS) is 14.3. The van der Waals surface area contributed by atoms with Gasteiger partial charge < -0.3 is 25.0 Å². The number of carbonyl (C=O) groups excluding carboxylic acids is 2. The Morgan fingerprint density at radius 2 is 2.10 bits per heavy atom. The number of anilines is 2. The van der Waals surface area contributed by atoms with Gasteiger partial charge in [0.25, 0.3) is 11.8 Å². The van der Waals surface area contributed by atoms with Crippen LogP contribution >= 0.6 is 0 Å². The summed E-state index contributed by atoms with van der Waals surface area (Å²) in [5, 5.41) is 12.7. The lowest BCUT2D eigenvalue weighted by molar-refractivity contribution is -0.0159. The fourth-order valence-corrected chi connectivity index (χ4v) is 3.29. The summed E-state index contributed by atoms with van der Waals surface area (Å²) in [6, 6.07) is 8.29. The minimum absolute atomic E-state index is 0.188. The van der Waals surface area contributed by atoms with Gasteiger partial charge in [0.05, 0.1) is 30.6 Å². The molecule has 1 aliphatic heterocycles. The fourth-order valence-electron chi connectivity index (χ4n) is 3.29. The molecular formula is C22H27FN4O4. The summed E-state index contributed by atoms with van der Waals surface area (Å²) < 4.78 is 19.4. The van der Waals surface area contributed by atoms with Gasteiger partial charge in [-0.15, -0.1) is 0 Å². The van der Waals surface area contributed by atoms with Crippen LogP contribution < -0.4 is 15.0 Å². The number of amides is 2. The van der Waals surface area contributed by atoms with Crippen molar-refractivity contribution in [3.05, 3.63) is 47.2 Å². The molecule has 0 saturated heterocycles. The molecule has 0 spiro atoms. The van der Waals surface area contributed by atoms with Crippen molar-refractivity contribution in [3.63, 3.8) is 0 Å². The summed E-state index contributed by atoms with van der Waals surface area (Å²) in [5.74, 6) is -0.408.